The van der Waals surface area contributed by atoms with Gasteiger partial charge in [-0.05, 0) is 23.8 Å². The van der Waals surface area contributed by atoms with Crippen LogP contribution in [0.1, 0.15) is 15.9 Å². The Hall–Kier alpha value is -2.14. The number of pyridine rings is 1. The zero-order valence-corrected chi connectivity index (χ0v) is 10.4. The molecule has 0 aliphatic rings. The van der Waals surface area contributed by atoms with Gasteiger partial charge in [-0.15, -0.1) is 0 Å². The van der Waals surface area contributed by atoms with Crippen molar-refractivity contribution in [2.24, 2.45) is 0 Å². The maximum atomic E-state index is 13.1. The minimum absolute atomic E-state index is 0.178. The van der Waals surface area contributed by atoms with Crippen LogP contribution in [0.3, 0.4) is 0 Å². The molecule has 98 valence electrons. The number of nitrogens with zero attached hydrogens (tertiary/aromatic N) is 1. The first-order chi connectivity index (χ1) is 8.97. The van der Waals surface area contributed by atoms with Gasteiger partial charge < -0.3 is 9.67 Å². The third-order valence-electron chi connectivity index (χ3n) is 2.57. The average Bonchev–Trinajstić information content (AvgIpc) is 2.36. The highest BCUT2D eigenvalue weighted by Crippen LogP contribution is 2.18. The van der Waals surface area contributed by atoms with E-state index in [1.54, 1.807) is 0 Å². The molecule has 0 radical (unpaired) electrons. The summed E-state index contributed by atoms with van der Waals surface area (Å²) in [5, 5.41) is 9.23. The summed E-state index contributed by atoms with van der Waals surface area (Å²) in [6, 6.07) is 5.07. The van der Waals surface area contributed by atoms with Crippen LogP contribution in [-0.4, -0.2) is 15.6 Å². The third-order valence-corrected chi connectivity index (χ3v) is 2.94. The van der Waals surface area contributed by atoms with Gasteiger partial charge in [-0.3, -0.25) is 4.79 Å². The predicted molar refractivity (Wildman–Crippen MR) is 68.2 cm³/mol. The van der Waals surface area contributed by atoms with E-state index >= 15 is 0 Å². The van der Waals surface area contributed by atoms with Crippen molar-refractivity contribution in [1.29, 1.82) is 0 Å². The van der Waals surface area contributed by atoms with Crippen molar-refractivity contribution in [2.75, 3.05) is 0 Å². The van der Waals surface area contributed by atoms with Crippen molar-refractivity contribution in [1.82, 2.24) is 4.57 Å². The molecule has 0 spiro atoms. The number of hydrogen-bond donors (Lipinski definition) is 1. The third kappa shape index (κ3) is 3.00. The molecular formula is C13H9ClFNO3. The first-order valence-corrected chi connectivity index (χ1v) is 5.72. The van der Waals surface area contributed by atoms with E-state index < -0.39 is 17.2 Å². The Labute approximate surface area is 112 Å². The summed E-state index contributed by atoms with van der Waals surface area (Å²) in [5.74, 6) is -1.73. The molecule has 1 aromatic heterocycles. The molecule has 2 rings (SSSR count). The Balaban J connectivity index is 2.39. The van der Waals surface area contributed by atoms with Gasteiger partial charge in [0.1, 0.15) is 11.4 Å². The average molecular weight is 282 g/mol. The maximum absolute atomic E-state index is 13.1. The van der Waals surface area contributed by atoms with Crippen molar-refractivity contribution >= 4 is 17.6 Å². The number of benzene rings is 1. The van der Waals surface area contributed by atoms with E-state index in [0.29, 0.717) is 10.6 Å². The van der Waals surface area contributed by atoms with Crippen LogP contribution in [0.15, 0.2) is 41.5 Å². The minimum Gasteiger partial charge on any atom is -0.477 e. The quantitative estimate of drug-likeness (QED) is 0.940. The van der Waals surface area contributed by atoms with E-state index in [2.05, 4.69) is 0 Å². The van der Waals surface area contributed by atoms with Crippen LogP contribution in [0, 0.1) is 5.82 Å². The number of carbonyl (C=O) groups is 1. The molecule has 0 bridgehead atoms. The second-order valence-electron chi connectivity index (χ2n) is 3.94. The molecule has 4 nitrogen and oxygen atoms in total. The Morgan fingerprint density at radius 1 is 1.37 bits per heavy atom. The zero-order valence-electron chi connectivity index (χ0n) is 9.64. The molecule has 0 saturated carbocycles. The van der Waals surface area contributed by atoms with E-state index in [4.69, 9.17) is 16.7 Å². The number of carboxylic acids is 1. The fourth-order valence-corrected chi connectivity index (χ4v) is 1.82. The summed E-state index contributed by atoms with van der Waals surface area (Å²) in [4.78, 5) is 22.2. The summed E-state index contributed by atoms with van der Waals surface area (Å²) in [5.41, 5.74) is -0.411. The number of hydrogen-bond acceptors (Lipinski definition) is 2. The van der Waals surface area contributed by atoms with Gasteiger partial charge in [0, 0.05) is 30.0 Å². The van der Waals surface area contributed by atoms with Gasteiger partial charge in [0.15, 0.2) is 5.43 Å². The van der Waals surface area contributed by atoms with Gasteiger partial charge in [0.2, 0.25) is 0 Å². The van der Waals surface area contributed by atoms with E-state index in [9.17, 15) is 14.0 Å². The molecular weight excluding hydrogens is 273 g/mol. The standard InChI is InChI=1S/C13H9ClFNO3/c14-11-2-1-9(15)5-8(11)6-16-4-3-12(17)10(7-16)13(18)19/h1-5,7H,6H2,(H,18,19). The van der Waals surface area contributed by atoms with Crippen molar-refractivity contribution in [3.05, 3.63) is 68.8 Å². The number of halogens is 2. The smallest absolute Gasteiger partial charge is 0.341 e. The zero-order chi connectivity index (χ0) is 14.0. The van der Waals surface area contributed by atoms with Gasteiger partial charge in [0.25, 0.3) is 0 Å². The fraction of sp³-hybridized carbons (Fsp3) is 0.0769. The first kappa shape index (κ1) is 13.3. The molecule has 0 saturated heterocycles. The molecule has 0 aliphatic carbocycles. The van der Waals surface area contributed by atoms with E-state index in [1.807, 2.05) is 0 Å². The van der Waals surface area contributed by atoms with Crippen molar-refractivity contribution < 1.29 is 14.3 Å². The Morgan fingerprint density at radius 3 is 2.79 bits per heavy atom. The summed E-state index contributed by atoms with van der Waals surface area (Å²) < 4.78 is 14.6. The minimum atomic E-state index is -1.30. The highest BCUT2D eigenvalue weighted by atomic mass is 35.5. The van der Waals surface area contributed by atoms with Crippen LogP contribution in [0.4, 0.5) is 4.39 Å². The van der Waals surface area contributed by atoms with E-state index in [0.717, 1.165) is 6.07 Å². The monoisotopic (exact) mass is 281 g/mol. The first-order valence-electron chi connectivity index (χ1n) is 5.34. The van der Waals surface area contributed by atoms with Crippen LogP contribution >= 0.6 is 11.6 Å². The number of aromatic nitrogens is 1. The van der Waals surface area contributed by atoms with Crippen molar-refractivity contribution in [2.45, 2.75) is 6.54 Å². The van der Waals surface area contributed by atoms with Gasteiger partial charge in [0.05, 0.1) is 0 Å². The van der Waals surface area contributed by atoms with Crippen molar-refractivity contribution in [3.8, 4) is 0 Å². The highest BCUT2D eigenvalue weighted by molar-refractivity contribution is 6.31. The summed E-state index contributed by atoms with van der Waals surface area (Å²) in [6.07, 6.45) is 2.63. The van der Waals surface area contributed by atoms with Crippen LogP contribution in [-0.2, 0) is 6.54 Å². The normalized spacial score (nSPS) is 10.4. The maximum Gasteiger partial charge on any atom is 0.341 e. The largest absolute Gasteiger partial charge is 0.477 e. The van der Waals surface area contributed by atoms with Crippen LogP contribution < -0.4 is 5.43 Å². The lowest BCUT2D eigenvalue weighted by molar-refractivity contribution is 0.0694. The van der Waals surface area contributed by atoms with Crippen LogP contribution in [0.2, 0.25) is 5.02 Å². The van der Waals surface area contributed by atoms with Gasteiger partial charge in [-0.25, -0.2) is 9.18 Å². The van der Waals surface area contributed by atoms with Gasteiger partial charge >= 0.3 is 5.97 Å². The summed E-state index contributed by atoms with van der Waals surface area (Å²) in [6.45, 7) is 0.178. The second-order valence-corrected chi connectivity index (χ2v) is 4.34. The molecule has 0 fully saturated rings. The molecule has 6 heteroatoms. The number of rotatable bonds is 3. The number of carboxylic acid groups (broad SMARTS) is 1. The lowest BCUT2D eigenvalue weighted by Gasteiger charge is -2.09. The Morgan fingerprint density at radius 2 is 2.11 bits per heavy atom. The Kier molecular flexibility index (Phi) is 3.66. The van der Waals surface area contributed by atoms with E-state index in [-0.39, 0.29) is 12.1 Å². The number of aromatic carboxylic acids is 1. The van der Waals surface area contributed by atoms with Gasteiger partial charge in [-0.2, -0.15) is 0 Å². The van der Waals surface area contributed by atoms with Crippen LogP contribution in [0.5, 0.6) is 0 Å². The predicted octanol–water partition coefficient (Wildman–Crippen LogP) is 2.39. The molecule has 0 atom stereocenters. The molecule has 1 heterocycles. The molecule has 19 heavy (non-hydrogen) atoms. The summed E-state index contributed by atoms with van der Waals surface area (Å²) >= 11 is 5.92. The molecule has 2 aromatic rings. The lowest BCUT2D eigenvalue weighted by Crippen LogP contribution is -2.16. The van der Waals surface area contributed by atoms with Gasteiger partial charge in [-0.1, -0.05) is 11.6 Å². The molecule has 0 aliphatic heterocycles. The fourth-order valence-electron chi connectivity index (χ4n) is 1.65. The SMILES string of the molecule is O=C(O)c1cn(Cc2cc(F)ccc2Cl)ccc1=O. The molecule has 0 amide bonds. The lowest BCUT2D eigenvalue weighted by atomic mass is 10.2. The molecule has 0 unspecified atom stereocenters. The summed E-state index contributed by atoms with van der Waals surface area (Å²) in [7, 11) is 0. The molecule has 1 N–H and O–H groups in total. The topological polar surface area (TPSA) is 59.3 Å². The second kappa shape index (κ2) is 5.24. The van der Waals surface area contributed by atoms with E-state index in [1.165, 1.54) is 35.2 Å². The Bertz CT molecular complexity index is 697. The highest BCUT2D eigenvalue weighted by Gasteiger charge is 2.09. The van der Waals surface area contributed by atoms with Crippen LogP contribution in [0.25, 0.3) is 0 Å². The van der Waals surface area contributed by atoms with Crippen molar-refractivity contribution in [3.63, 3.8) is 0 Å². The molecule has 1 aromatic carbocycles.